The molecule has 0 bridgehead atoms. The Kier molecular flexibility index (Phi) is 7.33. The maximum Gasteiger partial charge on any atom is 0.326 e. The van der Waals surface area contributed by atoms with Crippen molar-refractivity contribution in [3.05, 3.63) is 52.8 Å². The van der Waals surface area contributed by atoms with Crippen LogP contribution in [-0.4, -0.2) is 35.4 Å². The van der Waals surface area contributed by atoms with E-state index in [1.165, 1.54) is 11.3 Å². The maximum atomic E-state index is 12.8. The Morgan fingerprint density at radius 3 is 2.53 bits per heavy atom. The quantitative estimate of drug-likeness (QED) is 0.396. The van der Waals surface area contributed by atoms with Gasteiger partial charge in [-0.25, -0.2) is 0 Å². The second kappa shape index (κ2) is 9.95. The van der Waals surface area contributed by atoms with Crippen LogP contribution >= 0.6 is 23.1 Å². The molecule has 3 rings (SSSR count). The number of hydrogen-bond donors (Lipinski definition) is 0. The Balaban J connectivity index is 2.00. The molecule has 0 atom stereocenters. The monoisotopic (exact) mass is 444 g/mol. The summed E-state index contributed by atoms with van der Waals surface area (Å²) in [5.41, 5.74) is 1.30. The molecule has 0 aliphatic carbocycles. The summed E-state index contributed by atoms with van der Waals surface area (Å²) in [5.74, 6) is -0.0349. The standard InChI is InChI=1S/C22H24N2O4S2/c1-5-28-20(25)13-24-18-11-8-16(27-4)12-19(18)30-22(24)23-21(26)15-6-9-17(10-7-15)29-14(2)3/h6-12,14H,5,13H2,1-4H3. The average Bonchev–Trinajstić information content (AvgIpc) is 3.04. The molecule has 30 heavy (non-hydrogen) atoms. The number of nitrogens with zero attached hydrogens (tertiary/aromatic N) is 2. The lowest BCUT2D eigenvalue weighted by atomic mass is 10.2. The molecule has 1 aromatic heterocycles. The first-order valence-electron chi connectivity index (χ1n) is 9.60. The first-order valence-corrected chi connectivity index (χ1v) is 11.3. The van der Waals surface area contributed by atoms with Crippen LogP contribution in [0, 0.1) is 0 Å². The summed E-state index contributed by atoms with van der Waals surface area (Å²) < 4.78 is 13.0. The van der Waals surface area contributed by atoms with Gasteiger partial charge in [-0.15, -0.1) is 11.8 Å². The van der Waals surface area contributed by atoms with Crippen molar-refractivity contribution in [3.8, 4) is 5.75 Å². The van der Waals surface area contributed by atoms with Crippen LogP contribution in [0.15, 0.2) is 52.4 Å². The molecule has 8 heteroatoms. The zero-order chi connectivity index (χ0) is 21.7. The lowest BCUT2D eigenvalue weighted by Gasteiger charge is -2.06. The fraction of sp³-hybridized carbons (Fsp3) is 0.318. The molecule has 1 heterocycles. The highest BCUT2D eigenvalue weighted by Crippen LogP contribution is 2.24. The highest BCUT2D eigenvalue weighted by atomic mass is 32.2. The van der Waals surface area contributed by atoms with Crippen molar-refractivity contribution in [3.63, 3.8) is 0 Å². The second-order valence-corrected chi connectivity index (χ2v) is 9.38. The summed E-state index contributed by atoms with van der Waals surface area (Å²) in [7, 11) is 1.59. The number of amides is 1. The van der Waals surface area contributed by atoms with E-state index >= 15 is 0 Å². The molecular weight excluding hydrogens is 420 g/mol. The van der Waals surface area contributed by atoms with Crippen LogP contribution in [0.5, 0.6) is 5.75 Å². The third-order valence-corrected chi connectivity index (χ3v) is 6.21. The average molecular weight is 445 g/mol. The van der Waals surface area contributed by atoms with E-state index in [1.54, 1.807) is 42.5 Å². The van der Waals surface area contributed by atoms with E-state index in [0.717, 1.165) is 15.1 Å². The van der Waals surface area contributed by atoms with Crippen LogP contribution < -0.4 is 9.54 Å². The largest absolute Gasteiger partial charge is 0.497 e. The number of carbonyl (C=O) groups is 2. The Bertz CT molecular complexity index is 1110. The van der Waals surface area contributed by atoms with Gasteiger partial charge in [0.25, 0.3) is 5.91 Å². The van der Waals surface area contributed by atoms with Gasteiger partial charge in [0.2, 0.25) is 0 Å². The lowest BCUT2D eigenvalue weighted by Crippen LogP contribution is -2.23. The molecule has 0 unspecified atom stereocenters. The molecule has 0 fully saturated rings. The molecule has 2 aromatic carbocycles. The molecule has 0 radical (unpaired) electrons. The number of thiazole rings is 1. The van der Waals surface area contributed by atoms with Crippen LogP contribution in [-0.2, 0) is 16.1 Å². The minimum absolute atomic E-state index is 0.0176. The van der Waals surface area contributed by atoms with E-state index in [0.29, 0.717) is 28.0 Å². The zero-order valence-corrected chi connectivity index (χ0v) is 19.0. The molecule has 0 aliphatic rings. The first kappa shape index (κ1) is 22.1. The highest BCUT2D eigenvalue weighted by Gasteiger charge is 2.14. The number of carbonyl (C=O) groups excluding carboxylic acids is 2. The van der Waals surface area contributed by atoms with Crippen molar-refractivity contribution in [2.45, 2.75) is 37.5 Å². The molecule has 0 spiro atoms. The summed E-state index contributed by atoms with van der Waals surface area (Å²) in [6.45, 7) is 6.28. The van der Waals surface area contributed by atoms with Gasteiger partial charge in [0, 0.05) is 15.7 Å². The number of thioether (sulfide) groups is 1. The van der Waals surface area contributed by atoms with Gasteiger partial charge in [0.15, 0.2) is 4.80 Å². The topological polar surface area (TPSA) is 69.9 Å². The molecule has 0 saturated heterocycles. The van der Waals surface area contributed by atoms with Gasteiger partial charge in [0.05, 0.1) is 23.9 Å². The minimum Gasteiger partial charge on any atom is -0.497 e. The smallest absolute Gasteiger partial charge is 0.326 e. The number of benzene rings is 2. The number of aromatic nitrogens is 1. The molecule has 0 aliphatic heterocycles. The fourth-order valence-corrected chi connectivity index (χ4v) is 4.75. The molecule has 0 N–H and O–H groups in total. The summed E-state index contributed by atoms with van der Waals surface area (Å²) in [6, 6.07) is 12.9. The summed E-state index contributed by atoms with van der Waals surface area (Å²) in [4.78, 5) is 30.8. The van der Waals surface area contributed by atoms with Crippen LogP contribution in [0.2, 0.25) is 0 Å². The third-order valence-electron chi connectivity index (χ3n) is 4.15. The number of esters is 1. The van der Waals surface area contributed by atoms with Crippen molar-refractivity contribution in [2.24, 2.45) is 4.99 Å². The van der Waals surface area contributed by atoms with E-state index in [9.17, 15) is 9.59 Å². The number of rotatable bonds is 7. The maximum absolute atomic E-state index is 12.8. The highest BCUT2D eigenvalue weighted by molar-refractivity contribution is 7.99. The second-order valence-electron chi connectivity index (χ2n) is 6.72. The Hall–Kier alpha value is -2.58. The normalized spacial score (nSPS) is 11.8. The van der Waals surface area contributed by atoms with Gasteiger partial charge in [-0.05, 0) is 49.4 Å². The van der Waals surface area contributed by atoms with E-state index in [2.05, 4.69) is 18.8 Å². The van der Waals surface area contributed by atoms with E-state index in [1.807, 2.05) is 30.3 Å². The fourth-order valence-electron chi connectivity index (χ4n) is 2.85. The molecule has 158 valence electrons. The number of methoxy groups -OCH3 is 1. The minimum atomic E-state index is -0.378. The van der Waals surface area contributed by atoms with E-state index in [-0.39, 0.29) is 18.4 Å². The van der Waals surface area contributed by atoms with Crippen LogP contribution in [0.4, 0.5) is 0 Å². The Labute approximate surface area is 183 Å². The number of hydrogen-bond acceptors (Lipinski definition) is 6. The van der Waals surface area contributed by atoms with E-state index in [4.69, 9.17) is 9.47 Å². The van der Waals surface area contributed by atoms with Crippen molar-refractivity contribution in [1.29, 1.82) is 0 Å². The Morgan fingerprint density at radius 2 is 1.90 bits per heavy atom. The van der Waals surface area contributed by atoms with Gasteiger partial charge >= 0.3 is 5.97 Å². The number of fused-ring (bicyclic) bond motifs is 1. The zero-order valence-electron chi connectivity index (χ0n) is 17.4. The summed E-state index contributed by atoms with van der Waals surface area (Å²) in [5, 5.41) is 0.466. The van der Waals surface area contributed by atoms with Gasteiger partial charge in [-0.1, -0.05) is 25.2 Å². The van der Waals surface area contributed by atoms with Gasteiger partial charge < -0.3 is 14.0 Å². The van der Waals surface area contributed by atoms with Crippen molar-refractivity contribution < 1.29 is 19.1 Å². The van der Waals surface area contributed by atoms with E-state index < -0.39 is 0 Å². The predicted molar refractivity (Wildman–Crippen MR) is 120 cm³/mol. The van der Waals surface area contributed by atoms with Crippen molar-refractivity contribution in [1.82, 2.24) is 4.57 Å². The molecule has 0 saturated carbocycles. The van der Waals surface area contributed by atoms with Gasteiger partial charge in [-0.3, -0.25) is 9.59 Å². The van der Waals surface area contributed by atoms with Gasteiger partial charge in [-0.2, -0.15) is 4.99 Å². The van der Waals surface area contributed by atoms with Crippen molar-refractivity contribution >= 4 is 45.2 Å². The SMILES string of the molecule is CCOC(=O)Cn1c(=NC(=O)c2ccc(SC(C)C)cc2)sc2cc(OC)ccc21. The third kappa shape index (κ3) is 5.31. The lowest BCUT2D eigenvalue weighted by molar-refractivity contribution is -0.143. The molecule has 1 amide bonds. The van der Waals surface area contributed by atoms with Crippen LogP contribution in [0.1, 0.15) is 31.1 Å². The van der Waals surface area contributed by atoms with Crippen LogP contribution in [0.25, 0.3) is 10.2 Å². The van der Waals surface area contributed by atoms with Crippen LogP contribution in [0.3, 0.4) is 0 Å². The summed E-state index contributed by atoms with van der Waals surface area (Å²) >= 11 is 3.07. The van der Waals surface area contributed by atoms with Crippen molar-refractivity contribution in [2.75, 3.05) is 13.7 Å². The van der Waals surface area contributed by atoms with Gasteiger partial charge in [0.1, 0.15) is 12.3 Å². The molecule has 6 nitrogen and oxygen atoms in total. The first-order chi connectivity index (χ1) is 14.4. The Morgan fingerprint density at radius 1 is 1.17 bits per heavy atom. The molecular formula is C22H24N2O4S2. The summed E-state index contributed by atoms with van der Waals surface area (Å²) in [6.07, 6.45) is 0. The predicted octanol–water partition coefficient (Wildman–Crippen LogP) is 4.52. The number of ether oxygens (including phenoxy) is 2. The molecule has 3 aromatic rings.